The molecule has 0 spiro atoms. The normalized spacial score (nSPS) is 14.2. The third kappa shape index (κ3) is 3.40. The summed E-state index contributed by atoms with van der Waals surface area (Å²) in [6.07, 6.45) is 0.0512. The largest absolute Gasteiger partial charge is 0.454 e. The van der Waals surface area contributed by atoms with Crippen LogP contribution in [0.4, 0.5) is 0 Å². The molecule has 1 atom stereocenters. The van der Waals surface area contributed by atoms with Gasteiger partial charge in [-0.1, -0.05) is 6.07 Å². The van der Waals surface area contributed by atoms with E-state index in [4.69, 9.17) is 19.9 Å². The van der Waals surface area contributed by atoms with Gasteiger partial charge in [-0.05, 0) is 17.7 Å². The molecule has 1 aliphatic heterocycles. The molecule has 1 aromatic carbocycles. The Morgan fingerprint density at radius 2 is 2.20 bits per heavy atom. The minimum Gasteiger partial charge on any atom is -0.454 e. The molecule has 0 fully saturated rings. The van der Waals surface area contributed by atoms with E-state index >= 15 is 0 Å². The molecule has 2 N–H and O–H groups in total. The third-order valence-electron chi connectivity index (χ3n) is 3.28. The summed E-state index contributed by atoms with van der Waals surface area (Å²) in [4.78, 5) is 13.7. The highest BCUT2D eigenvalue weighted by molar-refractivity contribution is 5.76. The molecule has 0 aromatic heterocycles. The summed E-state index contributed by atoms with van der Waals surface area (Å²) in [5, 5.41) is 0. The number of fused-ring (bicyclic) bond motifs is 1. The number of rotatable bonds is 6. The van der Waals surface area contributed by atoms with Crippen LogP contribution in [0.25, 0.3) is 0 Å². The Hall–Kier alpha value is -1.79. The van der Waals surface area contributed by atoms with Gasteiger partial charge in [0.15, 0.2) is 11.5 Å². The Labute approximate surface area is 118 Å². The number of hydrogen-bond donors (Lipinski definition) is 1. The van der Waals surface area contributed by atoms with E-state index < -0.39 is 0 Å². The second-order valence-corrected chi connectivity index (χ2v) is 4.73. The van der Waals surface area contributed by atoms with Crippen LogP contribution < -0.4 is 15.2 Å². The van der Waals surface area contributed by atoms with Gasteiger partial charge in [-0.3, -0.25) is 4.79 Å². The molecule has 0 saturated heterocycles. The highest BCUT2D eigenvalue weighted by Crippen LogP contribution is 2.32. The number of carbonyl (C=O) groups excluding carboxylic acids is 1. The van der Waals surface area contributed by atoms with Crippen LogP contribution in [0.3, 0.4) is 0 Å². The lowest BCUT2D eigenvalue weighted by Gasteiger charge is -2.20. The molecule has 6 nitrogen and oxygen atoms in total. The van der Waals surface area contributed by atoms with Gasteiger partial charge in [-0.15, -0.1) is 0 Å². The molecule has 1 heterocycles. The maximum absolute atomic E-state index is 12.0. The van der Waals surface area contributed by atoms with E-state index in [1.54, 1.807) is 19.1 Å². The quantitative estimate of drug-likeness (QED) is 0.832. The monoisotopic (exact) mass is 280 g/mol. The van der Waals surface area contributed by atoms with Crippen LogP contribution in [0, 0.1) is 0 Å². The van der Waals surface area contributed by atoms with Crippen LogP contribution >= 0.6 is 0 Å². The van der Waals surface area contributed by atoms with Crippen molar-refractivity contribution < 1.29 is 19.0 Å². The van der Waals surface area contributed by atoms with Gasteiger partial charge in [0, 0.05) is 27.2 Å². The number of nitrogens with two attached hydrogens (primary N) is 1. The molecule has 110 valence electrons. The Kier molecular flexibility index (Phi) is 4.81. The van der Waals surface area contributed by atoms with Gasteiger partial charge in [0.2, 0.25) is 12.7 Å². The molecule has 0 aliphatic carbocycles. The molecule has 0 saturated carbocycles. The van der Waals surface area contributed by atoms with E-state index in [0.717, 1.165) is 17.1 Å². The van der Waals surface area contributed by atoms with E-state index in [1.807, 2.05) is 18.2 Å². The number of nitrogens with zero attached hydrogens (tertiary/aromatic N) is 1. The predicted molar refractivity (Wildman–Crippen MR) is 73.5 cm³/mol. The third-order valence-corrected chi connectivity index (χ3v) is 3.28. The summed E-state index contributed by atoms with van der Waals surface area (Å²) >= 11 is 0. The SMILES string of the molecule is COC(CN)CC(=O)N(C)Cc1ccc2c(c1)OCO2. The first-order valence-corrected chi connectivity index (χ1v) is 6.49. The first-order chi connectivity index (χ1) is 9.63. The van der Waals surface area contributed by atoms with Gasteiger partial charge in [0.1, 0.15) is 0 Å². The van der Waals surface area contributed by atoms with Crippen molar-refractivity contribution in [1.82, 2.24) is 4.90 Å². The molecule has 2 rings (SSSR count). The van der Waals surface area contributed by atoms with Crippen molar-refractivity contribution in [2.75, 3.05) is 27.5 Å². The van der Waals surface area contributed by atoms with Crippen LogP contribution in [0.15, 0.2) is 18.2 Å². The minimum absolute atomic E-state index is 0.0000307. The number of hydrogen-bond acceptors (Lipinski definition) is 5. The number of carbonyl (C=O) groups is 1. The lowest BCUT2D eigenvalue weighted by atomic mass is 10.1. The van der Waals surface area contributed by atoms with Crippen molar-refractivity contribution in [1.29, 1.82) is 0 Å². The summed E-state index contributed by atoms with van der Waals surface area (Å²) in [5.41, 5.74) is 6.51. The molecule has 1 aromatic rings. The van der Waals surface area contributed by atoms with Crippen LogP contribution in [0.2, 0.25) is 0 Å². The Morgan fingerprint density at radius 1 is 1.45 bits per heavy atom. The maximum atomic E-state index is 12.0. The number of ether oxygens (including phenoxy) is 3. The fourth-order valence-corrected chi connectivity index (χ4v) is 2.01. The molecular weight excluding hydrogens is 260 g/mol. The van der Waals surface area contributed by atoms with Crippen LogP contribution in [0.5, 0.6) is 11.5 Å². The Morgan fingerprint density at radius 3 is 2.90 bits per heavy atom. The lowest BCUT2D eigenvalue weighted by Crippen LogP contribution is -2.33. The van der Waals surface area contributed by atoms with Gasteiger partial charge in [-0.2, -0.15) is 0 Å². The van der Waals surface area contributed by atoms with E-state index in [0.29, 0.717) is 13.1 Å². The number of amides is 1. The second-order valence-electron chi connectivity index (χ2n) is 4.73. The smallest absolute Gasteiger partial charge is 0.231 e. The molecule has 1 unspecified atom stereocenters. The molecule has 6 heteroatoms. The molecule has 1 aliphatic rings. The van der Waals surface area contributed by atoms with Gasteiger partial charge >= 0.3 is 0 Å². The van der Waals surface area contributed by atoms with Gasteiger partial charge in [0.05, 0.1) is 12.5 Å². The summed E-state index contributed by atoms with van der Waals surface area (Å²) in [6.45, 7) is 1.09. The summed E-state index contributed by atoms with van der Waals surface area (Å²) < 4.78 is 15.7. The van der Waals surface area contributed by atoms with Crippen molar-refractivity contribution in [3.05, 3.63) is 23.8 Å². The highest BCUT2D eigenvalue weighted by atomic mass is 16.7. The van der Waals surface area contributed by atoms with Crippen LogP contribution in [0.1, 0.15) is 12.0 Å². The average molecular weight is 280 g/mol. The van der Waals surface area contributed by atoms with Crippen molar-refractivity contribution in [3.63, 3.8) is 0 Å². The van der Waals surface area contributed by atoms with Gasteiger partial charge in [-0.25, -0.2) is 0 Å². The van der Waals surface area contributed by atoms with Crippen molar-refractivity contribution in [2.45, 2.75) is 19.1 Å². The van der Waals surface area contributed by atoms with E-state index in [-0.39, 0.29) is 25.2 Å². The van der Waals surface area contributed by atoms with Gasteiger partial charge in [0.25, 0.3) is 0 Å². The first-order valence-electron chi connectivity index (χ1n) is 6.49. The Balaban J connectivity index is 1.93. The van der Waals surface area contributed by atoms with E-state index in [2.05, 4.69) is 0 Å². The summed E-state index contributed by atoms with van der Waals surface area (Å²) in [7, 11) is 3.32. The Bertz CT molecular complexity index is 474. The number of benzene rings is 1. The molecule has 1 amide bonds. The van der Waals surface area contributed by atoms with E-state index in [9.17, 15) is 4.79 Å². The van der Waals surface area contributed by atoms with Crippen molar-refractivity contribution in [3.8, 4) is 11.5 Å². The van der Waals surface area contributed by atoms with Crippen LogP contribution in [-0.4, -0.2) is 44.4 Å². The fourth-order valence-electron chi connectivity index (χ4n) is 2.01. The van der Waals surface area contributed by atoms with Crippen LogP contribution in [-0.2, 0) is 16.1 Å². The number of methoxy groups -OCH3 is 1. The molecule has 0 radical (unpaired) electrons. The minimum atomic E-state index is -0.235. The molecular formula is C14H20N2O4. The topological polar surface area (TPSA) is 74.0 Å². The summed E-state index contributed by atoms with van der Waals surface area (Å²) in [6, 6.07) is 5.67. The zero-order valence-electron chi connectivity index (χ0n) is 11.8. The van der Waals surface area contributed by atoms with Crippen molar-refractivity contribution >= 4 is 5.91 Å². The zero-order chi connectivity index (χ0) is 14.5. The van der Waals surface area contributed by atoms with E-state index in [1.165, 1.54) is 0 Å². The highest BCUT2D eigenvalue weighted by Gasteiger charge is 2.17. The maximum Gasteiger partial charge on any atom is 0.231 e. The standard InChI is InChI=1S/C14H20N2O4/c1-16(14(17)6-11(7-15)18-2)8-10-3-4-12-13(5-10)20-9-19-12/h3-5,11H,6-9,15H2,1-2H3. The molecule has 20 heavy (non-hydrogen) atoms. The first kappa shape index (κ1) is 14.6. The summed E-state index contributed by atoms with van der Waals surface area (Å²) in [5.74, 6) is 1.46. The van der Waals surface area contributed by atoms with Crippen molar-refractivity contribution in [2.24, 2.45) is 5.73 Å². The average Bonchev–Trinajstić information content (AvgIpc) is 2.91. The molecule has 0 bridgehead atoms. The predicted octanol–water partition coefficient (Wildman–Crippen LogP) is 0.737. The zero-order valence-corrected chi connectivity index (χ0v) is 11.8. The fraction of sp³-hybridized carbons (Fsp3) is 0.500. The second kappa shape index (κ2) is 6.58. The van der Waals surface area contributed by atoms with Gasteiger partial charge < -0.3 is 24.8 Å². The lowest BCUT2D eigenvalue weighted by molar-refractivity contribution is -0.132.